The quantitative estimate of drug-likeness (QED) is 0.506. The Morgan fingerprint density at radius 2 is 2.03 bits per heavy atom. The number of nitrogens with zero attached hydrogens (tertiary/aromatic N) is 2. The van der Waals surface area contributed by atoms with Crippen molar-refractivity contribution >= 4 is 29.3 Å². The van der Waals surface area contributed by atoms with Crippen molar-refractivity contribution in [1.82, 2.24) is 4.98 Å². The van der Waals surface area contributed by atoms with E-state index in [4.69, 9.17) is 9.47 Å². The normalized spacial score (nSPS) is 15.8. The summed E-state index contributed by atoms with van der Waals surface area (Å²) in [5.74, 6) is -0.264. The van der Waals surface area contributed by atoms with Crippen LogP contribution in [0.4, 0.5) is 10.1 Å². The molecule has 0 spiro atoms. The number of aromatic nitrogens is 1. The van der Waals surface area contributed by atoms with Crippen molar-refractivity contribution in [3.05, 3.63) is 89.0 Å². The molecular weight excluding hydrogens is 431 g/mol. The van der Waals surface area contributed by atoms with Crippen LogP contribution in [0.1, 0.15) is 32.4 Å². The predicted octanol–water partition coefficient (Wildman–Crippen LogP) is 4.67. The van der Waals surface area contributed by atoms with Gasteiger partial charge in [0.1, 0.15) is 16.9 Å². The van der Waals surface area contributed by atoms with Gasteiger partial charge in [-0.15, -0.1) is 11.8 Å². The van der Waals surface area contributed by atoms with E-state index in [-0.39, 0.29) is 23.7 Å². The molecule has 1 aliphatic heterocycles. The number of carbonyl (C=O) groups excluding carboxylic acids is 2. The average Bonchev–Trinajstić information content (AvgIpc) is 3.17. The molecule has 1 fully saturated rings. The monoisotopic (exact) mass is 452 g/mol. The van der Waals surface area contributed by atoms with Gasteiger partial charge in [0.15, 0.2) is 0 Å². The Kier molecular flexibility index (Phi) is 6.53. The Morgan fingerprint density at radius 3 is 2.72 bits per heavy atom. The molecule has 8 heteroatoms. The van der Waals surface area contributed by atoms with Gasteiger partial charge in [-0.05, 0) is 60.0 Å². The van der Waals surface area contributed by atoms with E-state index in [1.165, 1.54) is 37.2 Å². The highest BCUT2D eigenvalue weighted by Crippen LogP contribution is 2.43. The lowest BCUT2D eigenvalue weighted by Gasteiger charge is -2.27. The average molecular weight is 453 g/mol. The van der Waals surface area contributed by atoms with Crippen LogP contribution in [0.15, 0.2) is 60.9 Å². The molecule has 1 aliphatic rings. The van der Waals surface area contributed by atoms with Gasteiger partial charge < -0.3 is 9.47 Å². The first kappa shape index (κ1) is 22.0. The Balaban J connectivity index is 1.71. The van der Waals surface area contributed by atoms with Crippen molar-refractivity contribution in [2.24, 2.45) is 0 Å². The Morgan fingerprint density at radius 1 is 1.25 bits per heavy atom. The number of methoxy groups -OCH3 is 1. The molecule has 1 amide bonds. The van der Waals surface area contributed by atoms with Gasteiger partial charge in [-0.25, -0.2) is 9.18 Å². The first-order valence-corrected chi connectivity index (χ1v) is 11.0. The summed E-state index contributed by atoms with van der Waals surface area (Å²) in [6, 6.07) is 13.0. The molecule has 0 saturated carbocycles. The summed E-state index contributed by atoms with van der Waals surface area (Å²) in [5, 5.41) is -0.287. The smallest absolute Gasteiger partial charge is 0.343 e. The van der Waals surface area contributed by atoms with Gasteiger partial charge in [-0.3, -0.25) is 14.7 Å². The van der Waals surface area contributed by atoms with Crippen LogP contribution in [0.5, 0.6) is 5.75 Å². The highest BCUT2D eigenvalue weighted by Gasteiger charge is 2.35. The summed E-state index contributed by atoms with van der Waals surface area (Å²) in [6.45, 7) is 2.01. The van der Waals surface area contributed by atoms with Gasteiger partial charge >= 0.3 is 5.97 Å². The van der Waals surface area contributed by atoms with Crippen molar-refractivity contribution in [2.75, 3.05) is 17.8 Å². The number of pyridine rings is 1. The number of esters is 1. The van der Waals surface area contributed by atoms with E-state index in [1.54, 1.807) is 47.5 Å². The van der Waals surface area contributed by atoms with Crippen molar-refractivity contribution in [3.63, 3.8) is 0 Å². The second kappa shape index (κ2) is 9.50. The Bertz CT molecular complexity index is 1140. The van der Waals surface area contributed by atoms with Crippen molar-refractivity contribution in [2.45, 2.75) is 18.9 Å². The van der Waals surface area contributed by atoms with E-state index in [9.17, 15) is 14.0 Å². The fourth-order valence-electron chi connectivity index (χ4n) is 3.59. The molecule has 0 radical (unpaired) electrons. The standard InChI is InChI=1S/C24H21FN2O4S/c1-15-10-20(24(29)31-19-4-3-9-26-12-19)17(13-30-2)11-21(15)27-22(28)14-32-23(27)16-5-7-18(25)8-6-16/h3-12,23H,13-14H2,1-2H3. The number of hydrogen-bond acceptors (Lipinski definition) is 6. The van der Waals surface area contributed by atoms with Crippen molar-refractivity contribution < 1.29 is 23.5 Å². The maximum atomic E-state index is 13.4. The molecule has 6 nitrogen and oxygen atoms in total. The number of aryl methyl sites for hydroxylation is 1. The number of hydrogen-bond donors (Lipinski definition) is 0. The number of amides is 1. The molecule has 3 aromatic rings. The molecule has 0 N–H and O–H groups in total. The lowest BCUT2D eigenvalue weighted by molar-refractivity contribution is -0.115. The molecule has 1 saturated heterocycles. The molecule has 0 bridgehead atoms. The maximum Gasteiger partial charge on any atom is 0.343 e. The van der Waals surface area contributed by atoms with E-state index in [0.29, 0.717) is 28.3 Å². The Hall–Kier alpha value is -3.23. The van der Waals surface area contributed by atoms with Crippen LogP contribution in [0.3, 0.4) is 0 Å². The Labute approximate surface area is 189 Å². The number of rotatable bonds is 6. The van der Waals surface area contributed by atoms with Crippen molar-refractivity contribution in [1.29, 1.82) is 0 Å². The molecule has 4 rings (SSSR count). The fourth-order valence-corrected chi connectivity index (χ4v) is 4.76. The summed E-state index contributed by atoms with van der Waals surface area (Å²) >= 11 is 1.48. The summed E-state index contributed by atoms with van der Waals surface area (Å²) in [6.07, 6.45) is 3.05. The third-order valence-corrected chi connectivity index (χ3v) is 6.28. The highest BCUT2D eigenvalue weighted by molar-refractivity contribution is 8.00. The zero-order valence-corrected chi connectivity index (χ0v) is 18.4. The van der Waals surface area contributed by atoms with Crippen molar-refractivity contribution in [3.8, 4) is 5.75 Å². The van der Waals surface area contributed by atoms with E-state index >= 15 is 0 Å². The summed E-state index contributed by atoms with van der Waals surface area (Å²) < 4.78 is 24.2. The number of carbonyl (C=O) groups is 2. The zero-order chi connectivity index (χ0) is 22.7. The summed E-state index contributed by atoms with van der Waals surface area (Å²) in [7, 11) is 1.54. The second-order valence-electron chi connectivity index (χ2n) is 7.29. The molecular formula is C24H21FN2O4S. The minimum atomic E-state index is -0.531. The molecule has 1 atom stereocenters. The van der Waals surface area contributed by atoms with Gasteiger partial charge in [0.25, 0.3) is 0 Å². The second-order valence-corrected chi connectivity index (χ2v) is 8.35. The van der Waals surface area contributed by atoms with Gasteiger partial charge in [0.2, 0.25) is 5.91 Å². The van der Waals surface area contributed by atoms with Crippen LogP contribution in [-0.2, 0) is 16.1 Å². The van der Waals surface area contributed by atoms with Gasteiger partial charge in [-0.2, -0.15) is 0 Å². The molecule has 32 heavy (non-hydrogen) atoms. The van der Waals surface area contributed by atoms with Crippen LogP contribution >= 0.6 is 11.8 Å². The number of anilines is 1. The lowest BCUT2D eigenvalue weighted by atomic mass is 10.0. The topological polar surface area (TPSA) is 68.7 Å². The van der Waals surface area contributed by atoms with Gasteiger partial charge in [-0.1, -0.05) is 12.1 Å². The van der Waals surface area contributed by atoms with Crippen LogP contribution in [0.2, 0.25) is 0 Å². The maximum absolute atomic E-state index is 13.4. The zero-order valence-electron chi connectivity index (χ0n) is 17.6. The molecule has 1 unspecified atom stereocenters. The van der Waals surface area contributed by atoms with Crippen LogP contribution in [-0.4, -0.2) is 29.7 Å². The molecule has 2 heterocycles. The minimum absolute atomic E-state index is 0.0542. The lowest BCUT2D eigenvalue weighted by Crippen LogP contribution is -2.29. The van der Waals surface area contributed by atoms with Crippen LogP contribution < -0.4 is 9.64 Å². The van der Waals surface area contributed by atoms with E-state index in [0.717, 1.165) is 11.1 Å². The number of halogens is 1. The molecule has 0 aliphatic carbocycles. The molecule has 164 valence electrons. The third kappa shape index (κ3) is 4.51. The van der Waals surface area contributed by atoms with Gasteiger partial charge in [0, 0.05) is 19.0 Å². The largest absolute Gasteiger partial charge is 0.421 e. The van der Waals surface area contributed by atoms with Gasteiger partial charge in [0.05, 0.1) is 24.1 Å². The minimum Gasteiger partial charge on any atom is -0.421 e. The van der Waals surface area contributed by atoms with Crippen LogP contribution in [0.25, 0.3) is 0 Å². The fraction of sp³-hybridized carbons (Fsp3) is 0.208. The summed E-state index contributed by atoms with van der Waals surface area (Å²) in [5.41, 5.74) is 3.21. The van der Waals surface area contributed by atoms with E-state index < -0.39 is 5.97 Å². The SMILES string of the molecule is COCc1cc(N2C(=O)CSC2c2ccc(F)cc2)c(C)cc1C(=O)Oc1cccnc1. The predicted molar refractivity (Wildman–Crippen MR) is 120 cm³/mol. The summed E-state index contributed by atoms with van der Waals surface area (Å²) in [4.78, 5) is 31.3. The third-order valence-electron chi connectivity index (χ3n) is 5.07. The molecule has 1 aromatic heterocycles. The highest BCUT2D eigenvalue weighted by atomic mass is 32.2. The number of thioether (sulfide) groups is 1. The molecule has 2 aromatic carbocycles. The first-order valence-electron chi connectivity index (χ1n) is 9.91. The first-order chi connectivity index (χ1) is 15.5. The van der Waals surface area contributed by atoms with E-state index in [1.807, 2.05) is 6.92 Å². The van der Waals surface area contributed by atoms with E-state index in [2.05, 4.69) is 4.98 Å². The van der Waals surface area contributed by atoms with Crippen LogP contribution in [0, 0.1) is 12.7 Å². The number of benzene rings is 2. The number of ether oxygens (including phenoxy) is 2.